The maximum absolute atomic E-state index is 12.2. The molecule has 1 aromatic heterocycles. The molecular weight excluding hydrogens is 234 g/mol. The summed E-state index contributed by atoms with van der Waals surface area (Å²) < 4.78 is 0. The number of aliphatic carboxylic acids is 1. The number of carbonyl (C=O) groups is 2. The number of amides is 1. The van der Waals surface area contributed by atoms with E-state index in [1.54, 1.807) is 11.8 Å². The quantitative estimate of drug-likeness (QED) is 0.834. The van der Waals surface area contributed by atoms with Crippen LogP contribution in [-0.2, 0) is 4.79 Å². The lowest BCUT2D eigenvalue weighted by Crippen LogP contribution is -2.39. The second-order valence-corrected chi connectivity index (χ2v) is 4.52. The van der Waals surface area contributed by atoms with Crippen LogP contribution in [0.1, 0.15) is 30.3 Å². The molecule has 0 saturated heterocycles. The molecule has 1 N–H and O–H groups in total. The van der Waals surface area contributed by atoms with Crippen molar-refractivity contribution in [2.24, 2.45) is 5.92 Å². The monoisotopic (exact) mass is 249 g/mol. The molecule has 6 heteroatoms. The highest BCUT2D eigenvalue weighted by molar-refractivity contribution is 5.92. The van der Waals surface area contributed by atoms with E-state index in [1.165, 1.54) is 18.6 Å². The van der Waals surface area contributed by atoms with E-state index in [1.807, 2.05) is 0 Å². The number of carboxylic acids is 1. The van der Waals surface area contributed by atoms with E-state index in [0.29, 0.717) is 0 Å². The van der Waals surface area contributed by atoms with E-state index in [9.17, 15) is 9.59 Å². The highest BCUT2D eigenvalue weighted by Crippen LogP contribution is 2.28. The third kappa shape index (κ3) is 2.82. The minimum atomic E-state index is -0.896. The molecule has 1 aromatic rings. The lowest BCUT2D eigenvalue weighted by molar-refractivity contribution is -0.141. The van der Waals surface area contributed by atoms with Crippen molar-refractivity contribution < 1.29 is 14.7 Å². The molecule has 1 saturated carbocycles. The Balaban J connectivity index is 2.11. The van der Waals surface area contributed by atoms with E-state index < -0.39 is 11.9 Å². The first-order chi connectivity index (χ1) is 8.59. The Bertz CT molecular complexity index is 445. The van der Waals surface area contributed by atoms with Crippen molar-refractivity contribution >= 4 is 11.9 Å². The van der Waals surface area contributed by atoms with Gasteiger partial charge in [0.05, 0.1) is 12.1 Å². The second kappa shape index (κ2) is 5.12. The Hall–Kier alpha value is -1.98. The molecule has 1 aliphatic rings. The average molecular weight is 249 g/mol. The number of hydrogen-bond donors (Lipinski definition) is 1. The zero-order valence-electron chi connectivity index (χ0n) is 10.1. The average Bonchev–Trinajstić information content (AvgIpc) is 3.20. The molecule has 1 unspecified atom stereocenters. The number of carbonyl (C=O) groups excluding carboxylic acids is 1. The van der Waals surface area contributed by atoms with Gasteiger partial charge < -0.3 is 10.0 Å². The fraction of sp³-hybridized carbons (Fsp3) is 0.500. The van der Waals surface area contributed by atoms with Crippen LogP contribution in [0, 0.1) is 5.92 Å². The van der Waals surface area contributed by atoms with Gasteiger partial charge in [0.15, 0.2) is 0 Å². The molecule has 0 aromatic carbocycles. The fourth-order valence-corrected chi connectivity index (χ4v) is 1.71. The predicted octanol–water partition coefficient (Wildman–Crippen LogP) is 0.802. The van der Waals surface area contributed by atoms with Gasteiger partial charge in [-0.3, -0.25) is 14.6 Å². The van der Waals surface area contributed by atoms with Crippen molar-refractivity contribution in [3.8, 4) is 0 Å². The van der Waals surface area contributed by atoms with E-state index in [2.05, 4.69) is 9.97 Å². The highest BCUT2D eigenvalue weighted by Gasteiger charge is 2.35. The zero-order chi connectivity index (χ0) is 13.1. The van der Waals surface area contributed by atoms with E-state index in [4.69, 9.17) is 5.11 Å². The molecule has 1 heterocycles. The summed E-state index contributed by atoms with van der Waals surface area (Å²) in [7, 11) is 0. The van der Waals surface area contributed by atoms with Crippen molar-refractivity contribution in [3.05, 3.63) is 24.3 Å². The molecule has 0 spiro atoms. The Morgan fingerprint density at radius 2 is 2.22 bits per heavy atom. The Kier molecular flexibility index (Phi) is 3.55. The lowest BCUT2D eigenvalue weighted by Gasteiger charge is -2.23. The van der Waals surface area contributed by atoms with Gasteiger partial charge in [0.2, 0.25) is 0 Å². The molecule has 18 heavy (non-hydrogen) atoms. The smallest absolute Gasteiger partial charge is 0.308 e. The first-order valence-corrected chi connectivity index (χ1v) is 5.89. The SMILES string of the molecule is CC(CN(C(=O)c1cnccn1)C1CC1)C(=O)O. The van der Waals surface area contributed by atoms with Gasteiger partial charge in [0.1, 0.15) is 5.69 Å². The lowest BCUT2D eigenvalue weighted by atomic mass is 10.1. The summed E-state index contributed by atoms with van der Waals surface area (Å²) in [5, 5.41) is 8.92. The molecule has 0 radical (unpaired) electrons. The van der Waals surface area contributed by atoms with Crippen molar-refractivity contribution in [1.29, 1.82) is 0 Å². The maximum atomic E-state index is 12.2. The van der Waals surface area contributed by atoms with E-state index in [0.717, 1.165) is 12.8 Å². The van der Waals surface area contributed by atoms with Crippen molar-refractivity contribution in [1.82, 2.24) is 14.9 Å². The maximum Gasteiger partial charge on any atom is 0.308 e. The van der Waals surface area contributed by atoms with Crippen LogP contribution in [0.5, 0.6) is 0 Å². The largest absolute Gasteiger partial charge is 0.481 e. The molecule has 1 aliphatic carbocycles. The molecule has 96 valence electrons. The van der Waals surface area contributed by atoms with Crippen molar-refractivity contribution in [3.63, 3.8) is 0 Å². The van der Waals surface area contributed by atoms with Gasteiger partial charge in [0.25, 0.3) is 5.91 Å². The van der Waals surface area contributed by atoms with Crippen LogP contribution in [0.15, 0.2) is 18.6 Å². The van der Waals surface area contributed by atoms with Gasteiger partial charge in [-0.2, -0.15) is 0 Å². The van der Waals surface area contributed by atoms with Gasteiger partial charge in [0, 0.05) is 25.0 Å². The number of carboxylic acid groups (broad SMARTS) is 1. The molecule has 6 nitrogen and oxygen atoms in total. The molecular formula is C12H15N3O3. The Morgan fingerprint density at radius 3 is 2.72 bits per heavy atom. The van der Waals surface area contributed by atoms with Gasteiger partial charge in [-0.1, -0.05) is 6.92 Å². The first kappa shape index (κ1) is 12.5. The summed E-state index contributed by atoms with van der Waals surface area (Å²) in [6.45, 7) is 1.82. The summed E-state index contributed by atoms with van der Waals surface area (Å²) in [5.41, 5.74) is 0.266. The van der Waals surface area contributed by atoms with Crippen molar-refractivity contribution in [2.75, 3.05) is 6.54 Å². The molecule has 1 fully saturated rings. The number of rotatable bonds is 5. The second-order valence-electron chi connectivity index (χ2n) is 4.52. The summed E-state index contributed by atoms with van der Waals surface area (Å²) in [4.78, 5) is 32.5. The van der Waals surface area contributed by atoms with Crippen LogP contribution in [0.4, 0.5) is 0 Å². The number of aromatic nitrogens is 2. The zero-order valence-corrected chi connectivity index (χ0v) is 10.1. The van der Waals surface area contributed by atoms with Crippen LogP contribution in [0.2, 0.25) is 0 Å². The third-order valence-corrected chi connectivity index (χ3v) is 2.92. The molecule has 0 bridgehead atoms. The third-order valence-electron chi connectivity index (χ3n) is 2.92. The summed E-state index contributed by atoms with van der Waals surface area (Å²) in [5.74, 6) is -1.71. The molecule has 2 rings (SSSR count). The number of hydrogen-bond acceptors (Lipinski definition) is 4. The normalized spacial score (nSPS) is 16.1. The van der Waals surface area contributed by atoms with Crippen LogP contribution >= 0.6 is 0 Å². The van der Waals surface area contributed by atoms with Crippen LogP contribution in [-0.4, -0.2) is 44.4 Å². The predicted molar refractivity (Wildman–Crippen MR) is 62.9 cm³/mol. The van der Waals surface area contributed by atoms with Gasteiger partial charge in [-0.15, -0.1) is 0 Å². The summed E-state index contributed by atoms with van der Waals surface area (Å²) >= 11 is 0. The standard InChI is InChI=1S/C12H15N3O3/c1-8(12(17)18)7-15(9-2-3-9)11(16)10-6-13-4-5-14-10/h4-6,8-9H,2-3,7H2,1H3,(H,17,18). The Labute approximate surface area is 105 Å². The van der Waals surface area contributed by atoms with Gasteiger partial charge >= 0.3 is 5.97 Å². The highest BCUT2D eigenvalue weighted by atomic mass is 16.4. The molecule has 0 aliphatic heterocycles. The minimum Gasteiger partial charge on any atom is -0.481 e. The summed E-state index contributed by atoms with van der Waals surface area (Å²) in [6.07, 6.45) is 6.22. The van der Waals surface area contributed by atoms with E-state index >= 15 is 0 Å². The van der Waals surface area contributed by atoms with E-state index in [-0.39, 0.29) is 24.2 Å². The van der Waals surface area contributed by atoms with Gasteiger partial charge in [-0.05, 0) is 12.8 Å². The first-order valence-electron chi connectivity index (χ1n) is 5.89. The molecule has 1 amide bonds. The Morgan fingerprint density at radius 1 is 1.50 bits per heavy atom. The fourth-order valence-electron chi connectivity index (χ4n) is 1.71. The minimum absolute atomic E-state index is 0.154. The van der Waals surface area contributed by atoms with Crippen LogP contribution in [0.3, 0.4) is 0 Å². The van der Waals surface area contributed by atoms with Crippen LogP contribution < -0.4 is 0 Å². The number of nitrogens with zero attached hydrogens (tertiary/aromatic N) is 3. The molecule has 1 atom stereocenters. The topological polar surface area (TPSA) is 83.4 Å². The van der Waals surface area contributed by atoms with Crippen LogP contribution in [0.25, 0.3) is 0 Å². The summed E-state index contributed by atoms with van der Waals surface area (Å²) in [6, 6.07) is 0.154. The van der Waals surface area contributed by atoms with Gasteiger partial charge in [-0.25, -0.2) is 4.98 Å². The van der Waals surface area contributed by atoms with Crippen molar-refractivity contribution in [2.45, 2.75) is 25.8 Å².